The third kappa shape index (κ3) is 9.99. The molecule has 2 aromatic rings. The highest BCUT2D eigenvalue weighted by Gasteiger charge is 2.46. The molecule has 1 aliphatic carbocycles. The van der Waals surface area contributed by atoms with Gasteiger partial charge in [-0.3, -0.25) is 9.59 Å². The van der Waals surface area contributed by atoms with Crippen LogP contribution in [0.5, 0.6) is 11.5 Å². The van der Waals surface area contributed by atoms with Gasteiger partial charge in [-0.25, -0.2) is 0 Å². The first-order valence-electron chi connectivity index (χ1n) is 16.9. The van der Waals surface area contributed by atoms with Gasteiger partial charge in [-0.2, -0.15) is 0 Å². The molecule has 2 aromatic carbocycles. The SMILES string of the molecule is CCCCCCCCCC(=O)Oc1ccc([C@]2(C)CC(C)(C)c3ccc(OC(=O)CCCCCCCCC)cc32)cc1. The van der Waals surface area contributed by atoms with Gasteiger partial charge in [0, 0.05) is 18.3 Å². The number of unbranched alkanes of at least 4 members (excludes halogenated alkanes) is 12. The van der Waals surface area contributed by atoms with E-state index in [4.69, 9.17) is 9.47 Å². The van der Waals surface area contributed by atoms with E-state index in [9.17, 15) is 9.59 Å². The van der Waals surface area contributed by atoms with Crippen molar-refractivity contribution in [1.29, 1.82) is 0 Å². The predicted octanol–water partition coefficient (Wildman–Crippen LogP) is 10.8. The zero-order valence-electron chi connectivity index (χ0n) is 27.2. The molecule has 0 heterocycles. The topological polar surface area (TPSA) is 52.6 Å². The zero-order chi connectivity index (χ0) is 30.4. The van der Waals surface area contributed by atoms with Crippen molar-refractivity contribution in [3.63, 3.8) is 0 Å². The molecule has 1 atom stereocenters. The Balaban J connectivity index is 1.57. The second kappa shape index (κ2) is 16.9. The highest BCUT2D eigenvalue weighted by Crippen LogP contribution is 2.53. The third-order valence-corrected chi connectivity index (χ3v) is 9.03. The number of carbonyl (C=O) groups excluding carboxylic acids is 2. The summed E-state index contributed by atoms with van der Waals surface area (Å²) in [4.78, 5) is 25.0. The van der Waals surface area contributed by atoms with Gasteiger partial charge in [0.15, 0.2) is 0 Å². The molecule has 0 unspecified atom stereocenters. The summed E-state index contributed by atoms with van der Waals surface area (Å²) in [6, 6.07) is 14.2. The van der Waals surface area contributed by atoms with E-state index < -0.39 is 0 Å². The van der Waals surface area contributed by atoms with Gasteiger partial charge in [0.05, 0.1) is 0 Å². The Labute approximate surface area is 256 Å². The molecule has 0 amide bonds. The molecular weight excluding hydrogens is 520 g/mol. The fourth-order valence-electron chi connectivity index (χ4n) is 6.67. The first-order valence-corrected chi connectivity index (χ1v) is 16.9. The lowest BCUT2D eigenvalue weighted by atomic mass is 9.75. The Morgan fingerprint density at radius 2 is 1.05 bits per heavy atom. The minimum absolute atomic E-state index is 0.00786. The van der Waals surface area contributed by atoms with Crippen LogP contribution in [0.4, 0.5) is 0 Å². The maximum atomic E-state index is 12.6. The van der Waals surface area contributed by atoms with E-state index in [2.05, 4.69) is 58.9 Å². The van der Waals surface area contributed by atoms with Gasteiger partial charge in [0.25, 0.3) is 0 Å². The zero-order valence-corrected chi connectivity index (χ0v) is 27.2. The molecule has 0 spiro atoms. The van der Waals surface area contributed by atoms with E-state index in [0.717, 1.165) is 32.1 Å². The molecule has 0 aromatic heterocycles. The van der Waals surface area contributed by atoms with Crippen LogP contribution in [0.2, 0.25) is 0 Å². The molecule has 232 valence electrons. The molecular formula is C38H56O4. The van der Waals surface area contributed by atoms with Crippen LogP contribution in [0.25, 0.3) is 0 Å². The molecule has 0 radical (unpaired) electrons. The van der Waals surface area contributed by atoms with Gasteiger partial charge < -0.3 is 9.47 Å². The lowest BCUT2D eigenvalue weighted by Gasteiger charge is -2.28. The number of fused-ring (bicyclic) bond motifs is 1. The molecule has 1 aliphatic rings. The van der Waals surface area contributed by atoms with Crippen molar-refractivity contribution in [2.45, 2.75) is 155 Å². The fourth-order valence-corrected chi connectivity index (χ4v) is 6.67. The Morgan fingerprint density at radius 3 is 1.57 bits per heavy atom. The summed E-state index contributed by atoms with van der Waals surface area (Å²) in [7, 11) is 0. The Bertz CT molecular complexity index is 1120. The molecule has 42 heavy (non-hydrogen) atoms. The van der Waals surface area contributed by atoms with E-state index in [1.54, 1.807) is 0 Å². The highest BCUT2D eigenvalue weighted by atomic mass is 16.5. The van der Waals surface area contributed by atoms with Crippen molar-refractivity contribution < 1.29 is 19.1 Å². The summed E-state index contributed by atoms with van der Waals surface area (Å²) in [6.07, 6.45) is 18.4. The average Bonchev–Trinajstić information content (AvgIpc) is 3.17. The van der Waals surface area contributed by atoms with Gasteiger partial charge >= 0.3 is 11.9 Å². The van der Waals surface area contributed by atoms with Crippen molar-refractivity contribution in [2.75, 3.05) is 0 Å². The quantitative estimate of drug-likeness (QED) is 0.0948. The molecule has 0 N–H and O–H groups in total. The van der Waals surface area contributed by atoms with Gasteiger partial charge in [0.2, 0.25) is 0 Å². The molecule has 0 aliphatic heterocycles. The summed E-state index contributed by atoms with van der Waals surface area (Å²) < 4.78 is 11.5. The summed E-state index contributed by atoms with van der Waals surface area (Å²) in [6.45, 7) is 11.3. The number of esters is 2. The number of benzene rings is 2. The standard InChI is InChI=1S/C38H56O4/c1-6-8-10-12-14-16-18-20-35(39)41-31-24-22-30(23-25-31)38(5)29-37(3,4)33-27-26-32(28-34(33)38)42-36(40)21-19-17-15-13-11-9-7-2/h22-28H,6-21,29H2,1-5H3/t38-/m0/s1. The molecule has 4 heteroatoms. The largest absolute Gasteiger partial charge is 0.427 e. The summed E-state index contributed by atoms with van der Waals surface area (Å²) in [5, 5.41) is 0. The van der Waals surface area contributed by atoms with Crippen LogP contribution in [-0.4, -0.2) is 11.9 Å². The van der Waals surface area contributed by atoms with Crippen LogP contribution < -0.4 is 9.47 Å². The van der Waals surface area contributed by atoms with Crippen molar-refractivity contribution in [2.24, 2.45) is 0 Å². The van der Waals surface area contributed by atoms with E-state index in [1.807, 2.05) is 18.2 Å². The van der Waals surface area contributed by atoms with Gasteiger partial charge in [-0.1, -0.05) is 130 Å². The van der Waals surface area contributed by atoms with E-state index in [0.29, 0.717) is 24.3 Å². The first-order chi connectivity index (χ1) is 20.2. The minimum atomic E-state index is -0.236. The van der Waals surface area contributed by atoms with Crippen LogP contribution in [0.1, 0.15) is 160 Å². The summed E-state index contributed by atoms with van der Waals surface area (Å²) in [5.41, 5.74) is 3.43. The van der Waals surface area contributed by atoms with Crippen molar-refractivity contribution in [3.8, 4) is 11.5 Å². The van der Waals surface area contributed by atoms with Crippen molar-refractivity contribution >= 4 is 11.9 Å². The van der Waals surface area contributed by atoms with Crippen molar-refractivity contribution in [1.82, 2.24) is 0 Å². The number of hydrogen-bond acceptors (Lipinski definition) is 4. The number of carbonyl (C=O) groups is 2. The third-order valence-electron chi connectivity index (χ3n) is 9.03. The van der Waals surface area contributed by atoms with Gasteiger partial charge in [-0.15, -0.1) is 0 Å². The van der Waals surface area contributed by atoms with Gasteiger partial charge in [0.1, 0.15) is 11.5 Å². The predicted molar refractivity (Wildman–Crippen MR) is 173 cm³/mol. The smallest absolute Gasteiger partial charge is 0.311 e. The Morgan fingerprint density at radius 1 is 0.595 bits per heavy atom. The van der Waals surface area contributed by atoms with Crippen LogP contribution in [0.15, 0.2) is 42.5 Å². The molecule has 3 rings (SSSR count). The van der Waals surface area contributed by atoms with Crippen LogP contribution in [0, 0.1) is 0 Å². The molecule has 0 bridgehead atoms. The lowest BCUT2D eigenvalue weighted by Crippen LogP contribution is -2.23. The normalized spacial score (nSPS) is 17.2. The number of ether oxygens (including phenoxy) is 2. The van der Waals surface area contributed by atoms with E-state index >= 15 is 0 Å². The Kier molecular flexibility index (Phi) is 13.6. The monoisotopic (exact) mass is 576 g/mol. The maximum absolute atomic E-state index is 12.6. The average molecular weight is 577 g/mol. The van der Waals surface area contributed by atoms with Crippen LogP contribution in [-0.2, 0) is 20.4 Å². The Hall–Kier alpha value is -2.62. The van der Waals surface area contributed by atoms with Crippen LogP contribution in [0.3, 0.4) is 0 Å². The minimum Gasteiger partial charge on any atom is -0.427 e. The summed E-state index contributed by atoms with van der Waals surface area (Å²) >= 11 is 0. The molecule has 0 fully saturated rings. The fraction of sp³-hybridized carbons (Fsp3) is 0.632. The lowest BCUT2D eigenvalue weighted by molar-refractivity contribution is -0.135. The van der Waals surface area contributed by atoms with E-state index in [1.165, 1.54) is 80.9 Å². The van der Waals surface area contributed by atoms with Crippen LogP contribution >= 0.6 is 0 Å². The van der Waals surface area contributed by atoms with E-state index in [-0.39, 0.29) is 22.8 Å². The first kappa shape index (κ1) is 33.9. The molecule has 0 saturated heterocycles. The highest BCUT2D eigenvalue weighted by molar-refractivity contribution is 5.73. The second-order valence-corrected chi connectivity index (χ2v) is 13.3. The number of rotatable bonds is 19. The summed E-state index contributed by atoms with van der Waals surface area (Å²) in [5.74, 6) is 0.922. The second-order valence-electron chi connectivity index (χ2n) is 13.3. The van der Waals surface area contributed by atoms with Crippen molar-refractivity contribution in [3.05, 3.63) is 59.2 Å². The molecule has 0 saturated carbocycles. The number of hydrogen-bond donors (Lipinski definition) is 0. The molecule has 4 nitrogen and oxygen atoms in total. The van der Waals surface area contributed by atoms with Gasteiger partial charge in [-0.05, 0) is 65.6 Å². The maximum Gasteiger partial charge on any atom is 0.311 e.